The summed E-state index contributed by atoms with van der Waals surface area (Å²) in [6, 6.07) is 15.4. The summed E-state index contributed by atoms with van der Waals surface area (Å²) in [7, 11) is -3.37. The second-order valence-corrected chi connectivity index (χ2v) is 9.04. The summed E-state index contributed by atoms with van der Waals surface area (Å²) >= 11 is 0. The second kappa shape index (κ2) is 8.02. The van der Waals surface area contributed by atoms with Gasteiger partial charge in [0, 0.05) is 6.54 Å². The summed E-state index contributed by atoms with van der Waals surface area (Å²) in [5, 5.41) is 0. The molecule has 1 N–H and O–H groups in total. The van der Waals surface area contributed by atoms with Crippen molar-refractivity contribution in [3.63, 3.8) is 0 Å². The molecule has 0 radical (unpaired) electrons. The van der Waals surface area contributed by atoms with Gasteiger partial charge in [0.05, 0.1) is 5.75 Å². The van der Waals surface area contributed by atoms with Gasteiger partial charge in [0.1, 0.15) is 12.4 Å². The quantitative estimate of drug-likeness (QED) is 0.764. The summed E-state index contributed by atoms with van der Waals surface area (Å²) in [6.45, 7) is 8.86. The average Bonchev–Trinajstić information content (AvgIpc) is 2.50. The molecule has 2 rings (SSSR count). The maximum atomic E-state index is 12.2. The SMILES string of the molecule is Cc1cccc(CS(=O)(=O)NCCOc2ccccc2C(C)(C)C)c1. The van der Waals surface area contributed by atoms with Crippen molar-refractivity contribution in [3.8, 4) is 5.75 Å². The van der Waals surface area contributed by atoms with Gasteiger partial charge in [-0.1, -0.05) is 68.8 Å². The lowest BCUT2D eigenvalue weighted by Gasteiger charge is -2.22. The number of para-hydroxylation sites is 1. The van der Waals surface area contributed by atoms with Gasteiger partial charge in [-0.15, -0.1) is 0 Å². The van der Waals surface area contributed by atoms with Gasteiger partial charge in [0.25, 0.3) is 0 Å². The molecular formula is C20H27NO3S. The van der Waals surface area contributed by atoms with E-state index in [9.17, 15) is 8.42 Å². The fraction of sp³-hybridized carbons (Fsp3) is 0.400. The average molecular weight is 362 g/mol. The number of rotatable bonds is 7. The van der Waals surface area contributed by atoms with E-state index < -0.39 is 10.0 Å². The maximum absolute atomic E-state index is 12.2. The molecule has 0 bridgehead atoms. The van der Waals surface area contributed by atoms with Gasteiger partial charge in [-0.3, -0.25) is 0 Å². The van der Waals surface area contributed by atoms with Crippen molar-refractivity contribution >= 4 is 10.0 Å². The van der Waals surface area contributed by atoms with E-state index in [4.69, 9.17) is 4.74 Å². The summed E-state index contributed by atoms with van der Waals surface area (Å²) in [6.07, 6.45) is 0. The first-order valence-electron chi connectivity index (χ1n) is 8.42. The molecule has 5 heteroatoms. The highest BCUT2D eigenvalue weighted by atomic mass is 32.2. The molecule has 25 heavy (non-hydrogen) atoms. The molecule has 0 aliphatic heterocycles. The number of benzene rings is 2. The smallest absolute Gasteiger partial charge is 0.215 e. The maximum Gasteiger partial charge on any atom is 0.215 e. The van der Waals surface area contributed by atoms with Crippen molar-refractivity contribution in [2.24, 2.45) is 0 Å². The summed E-state index contributed by atoms with van der Waals surface area (Å²) in [5.74, 6) is 0.778. The van der Waals surface area contributed by atoms with Gasteiger partial charge in [0.2, 0.25) is 10.0 Å². The van der Waals surface area contributed by atoms with E-state index in [-0.39, 0.29) is 17.7 Å². The van der Waals surface area contributed by atoms with Crippen LogP contribution in [0.15, 0.2) is 48.5 Å². The topological polar surface area (TPSA) is 55.4 Å². The van der Waals surface area contributed by atoms with Gasteiger partial charge in [0.15, 0.2) is 0 Å². The molecule has 0 unspecified atom stereocenters. The molecule has 0 saturated carbocycles. The molecule has 0 saturated heterocycles. The molecule has 0 amide bonds. The molecule has 4 nitrogen and oxygen atoms in total. The summed E-state index contributed by atoms with van der Waals surface area (Å²) in [4.78, 5) is 0. The number of hydrogen-bond donors (Lipinski definition) is 1. The molecule has 0 atom stereocenters. The third kappa shape index (κ3) is 6.18. The van der Waals surface area contributed by atoms with Crippen LogP contribution < -0.4 is 9.46 Å². The minimum absolute atomic E-state index is 0.0206. The normalized spacial score (nSPS) is 12.2. The van der Waals surface area contributed by atoms with Crippen LogP contribution in [0.1, 0.15) is 37.5 Å². The molecule has 0 aliphatic rings. The van der Waals surface area contributed by atoms with Crippen LogP contribution in [0.4, 0.5) is 0 Å². The van der Waals surface area contributed by atoms with Crippen molar-refractivity contribution in [2.75, 3.05) is 13.2 Å². The Bertz CT molecular complexity index is 808. The first-order valence-corrected chi connectivity index (χ1v) is 10.1. The monoisotopic (exact) mass is 361 g/mol. The van der Waals surface area contributed by atoms with Crippen LogP contribution in [-0.2, 0) is 21.2 Å². The van der Waals surface area contributed by atoms with Crippen LogP contribution in [0.3, 0.4) is 0 Å². The number of sulfonamides is 1. The predicted molar refractivity (Wildman–Crippen MR) is 102 cm³/mol. The van der Waals surface area contributed by atoms with Crippen LogP contribution in [0.25, 0.3) is 0 Å². The Labute approximate surface area is 151 Å². The van der Waals surface area contributed by atoms with Gasteiger partial charge in [-0.2, -0.15) is 0 Å². The van der Waals surface area contributed by atoms with Gasteiger partial charge >= 0.3 is 0 Å². The van der Waals surface area contributed by atoms with Crippen molar-refractivity contribution < 1.29 is 13.2 Å². The van der Waals surface area contributed by atoms with Gasteiger partial charge < -0.3 is 4.74 Å². The molecule has 0 heterocycles. The standard InChI is InChI=1S/C20H27NO3S/c1-16-8-7-9-17(14-16)15-25(22,23)21-12-13-24-19-11-6-5-10-18(19)20(2,3)4/h5-11,14,21H,12-13,15H2,1-4H3. The Morgan fingerprint density at radius 1 is 1.04 bits per heavy atom. The zero-order valence-corrected chi connectivity index (χ0v) is 16.2. The van der Waals surface area contributed by atoms with Gasteiger partial charge in [-0.05, 0) is 29.5 Å². The Morgan fingerprint density at radius 3 is 2.44 bits per heavy atom. The third-order valence-corrected chi connectivity index (χ3v) is 5.17. The third-order valence-electron chi connectivity index (χ3n) is 3.82. The van der Waals surface area contributed by atoms with Gasteiger partial charge in [-0.25, -0.2) is 13.1 Å². The number of ether oxygens (including phenoxy) is 1. The molecule has 2 aromatic carbocycles. The van der Waals surface area contributed by atoms with Crippen molar-refractivity contribution in [2.45, 2.75) is 38.9 Å². The van der Waals surface area contributed by atoms with Crippen LogP contribution in [-0.4, -0.2) is 21.6 Å². The highest BCUT2D eigenvalue weighted by Gasteiger charge is 2.18. The molecule has 0 aromatic heterocycles. The van der Waals surface area contributed by atoms with Crippen LogP contribution in [0, 0.1) is 6.92 Å². The fourth-order valence-corrected chi connectivity index (χ4v) is 3.76. The minimum atomic E-state index is -3.37. The van der Waals surface area contributed by atoms with Crippen LogP contribution in [0.5, 0.6) is 5.75 Å². The lowest BCUT2D eigenvalue weighted by atomic mass is 9.86. The van der Waals surface area contributed by atoms with Crippen LogP contribution in [0.2, 0.25) is 0 Å². The van der Waals surface area contributed by atoms with E-state index in [0.29, 0.717) is 6.61 Å². The zero-order valence-electron chi connectivity index (χ0n) is 15.4. The lowest BCUT2D eigenvalue weighted by molar-refractivity contribution is 0.314. The molecule has 0 spiro atoms. The second-order valence-electron chi connectivity index (χ2n) is 7.24. The van der Waals surface area contributed by atoms with E-state index >= 15 is 0 Å². The zero-order chi connectivity index (χ0) is 18.5. The lowest BCUT2D eigenvalue weighted by Crippen LogP contribution is -2.29. The minimum Gasteiger partial charge on any atom is -0.492 e. The Balaban J connectivity index is 1.89. The molecule has 136 valence electrons. The fourth-order valence-electron chi connectivity index (χ4n) is 2.64. The first kappa shape index (κ1) is 19.5. The first-order chi connectivity index (χ1) is 11.7. The predicted octanol–water partition coefficient (Wildman–Crippen LogP) is 3.79. The van der Waals surface area contributed by atoms with Crippen molar-refractivity contribution in [3.05, 3.63) is 65.2 Å². The molecule has 0 fully saturated rings. The number of aryl methyl sites for hydroxylation is 1. The van der Waals surface area contributed by atoms with Crippen molar-refractivity contribution in [1.29, 1.82) is 0 Å². The summed E-state index contributed by atoms with van der Waals surface area (Å²) < 4.78 is 32.8. The highest BCUT2D eigenvalue weighted by molar-refractivity contribution is 7.88. The van der Waals surface area contributed by atoms with E-state index in [1.807, 2.05) is 55.5 Å². The van der Waals surface area contributed by atoms with Crippen LogP contribution >= 0.6 is 0 Å². The molecular weight excluding hydrogens is 334 g/mol. The Kier molecular flexibility index (Phi) is 6.25. The van der Waals surface area contributed by atoms with E-state index in [1.54, 1.807) is 0 Å². The van der Waals surface area contributed by atoms with E-state index in [2.05, 4.69) is 25.5 Å². The van der Waals surface area contributed by atoms with E-state index in [1.165, 1.54) is 0 Å². The highest BCUT2D eigenvalue weighted by Crippen LogP contribution is 2.30. The van der Waals surface area contributed by atoms with E-state index in [0.717, 1.165) is 22.4 Å². The summed E-state index contributed by atoms with van der Waals surface area (Å²) in [5.41, 5.74) is 2.92. The number of hydrogen-bond acceptors (Lipinski definition) is 3. The number of nitrogens with one attached hydrogen (secondary N) is 1. The molecule has 0 aliphatic carbocycles. The molecule has 2 aromatic rings. The Morgan fingerprint density at radius 2 is 1.76 bits per heavy atom. The largest absolute Gasteiger partial charge is 0.492 e. The van der Waals surface area contributed by atoms with Crippen molar-refractivity contribution in [1.82, 2.24) is 4.72 Å². The Hall–Kier alpha value is -1.85.